The SMILES string of the molecule is C[C@H]1CNC(=O)c2cnn3c(N(Cc4ccccc4)Cc4ccccc4)c(-c4ccc(F)cc4)c(nc23)NCc2cc(F)cnc2O1. The van der Waals surface area contributed by atoms with Crippen molar-refractivity contribution in [3.05, 3.63) is 137 Å². The average molecular weight is 632 g/mol. The third-order valence-electron chi connectivity index (χ3n) is 7.93. The lowest BCUT2D eigenvalue weighted by Gasteiger charge is -2.29. The number of aromatic nitrogens is 4. The third-order valence-corrected chi connectivity index (χ3v) is 7.93. The summed E-state index contributed by atoms with van der Waals surface area (Å²) < 4.78 is 36.5. The van der Waals surface area contributed by atoms with E-state index in [1.807, 2.05) is 60.7 Å². The Labute approximate surface area is 269 Å². The molecule has 236 valence electrons. The summed E-state index contributed by atoms with van der Waals surface area (Å²) in [5, 5.41) is 11.0. The molecule has 3 aromatic heterocycles. The van der Waals surface area contributed by atoms with Crippen molar-refractivity contribution in [3.63, 3.8) is 0 Å². The molecule has 6 aromatic rings. The van der Waals surface area contributed by atoms with E-state index < -0.39 is 11.9 Å². The van der Waals surface area contributed by atoms with Crippen LogP contribution in [-0.4, -0.2) is 38.1 Å². The summed E-state index contributed by atoms with van der Waals surface area (Å²) in [6.45, 7) is 3.03. The van der Waals surface area contributed by atoms with E-state index in [2.05, 4.69) is 20.5 Å². The van der Waals surface area contributed by atoms with Gasteiger partial charge in [0.25, 0.3) is 5.91 Å². The average Bonchev–Trinajstić information content (AvgIpc) is 3.51. The highest BCUT2D eigenvalue weighted by molar-refractivity contribution is 6.01. The Kier molecular flexibility index (Phi) is 8.18. The summed E-state index contributed by atoms with van der Waals surface area (Å²) >= 11 is 0. The lowest BCUT2D eigenvalue weighted by atomic mass is 10.0. The van der Waals surface area contributed by atoms with Crippen molar-refractivity contribution in [1.29, 1.82) is 0 Å². The van der Waals surface area contributed by atoms with E-state index in [1.165, 1.54) is 24.4 Å². The molecule has 7 rings (SSSR count). The van der Waals surface area contributed by atoms with Gasteiger partial charge >= 0.3 is 0 Å². The predicted molar refractivity (Wildman–Crippen MR) is 175 cm³/mol. The molecule has 0 spiro atoms. The molecule has 1 amide bonds. The molecule has 11 heteroatoms. The topological polar surface area (TPSA) is 96.7 Å². The predicted octanol–water partition coefficient (Wildman–Crippen LogP) is 6.40. The van der Waals surface area contributed by atoms with Gasteiger partial charge in [-0.3, -0.25) is 4.79 Å². The van der Waals surface area contributed by atoms with Crippen LogP contribution < -0.4 is 20.3 Å². The Bertz CT molecular complexity index is 2000. The summed E-state index contributed by atoms with van der Waals surface area (Å²) in [6, 6.07) is 27.5. The zero-order valence-electron chi connectivity index (χ0n) is 25.5. The Balaban J connectivity index is 1.49. The number of hydrogen-bond donors (Lipinski definition) is 2. The molecule has 3 aromatic carbocycles. The molecule has 1 atom stereocenters. The maximum Gasteiger partial charge on any atom is 0.256 e. The molecule has 4 heterocycles. The highest BCUT2D eigenvalue weighted by atomic mass is 19.1. The Hall–Kier alpha value is -5.84. The molecule has 0 radical (unpaired) electrons. The van der Waals surface area contributed by atoms with Crippen molar-refractivity contribution in [2.75, 3.05) is 16.8 Å². The summed E-state index contributed by atoms with van der Waals surface area (Å²) in [7, 11) is 0. The fourth-order valence-corrected chi connectivity index (χ4v) is 5.70. The molecule has 0 saturated heterocycles. The second-order valence-corrected chi connectivity index (χ2v) is 11.4. The summed E-state index contributed by atoms with van der Waals surface area (Å²) in [5.41, 5.74) is 4.44. The van der Waals surface area contributed by atoms with Crippen LogP contribution in [-0.2, 0) is 19.6 Å². The number of benzene rings is 3. The van der Waals surface area contributed by atoms with Crippen molar-refractivity contribution in [2.45, 2.75) is 32.7 Å². The van der Waals surface area contributed by atoms with Crippen molar-refractivity contribution < 1.29 is 18.3 Å². The van der Waals surface area contributed by atoms with Crippen LogP contribution in [0.25, 0.3) is 16.8 Å². The highest BCUT2D eigenvalue weighted by Gasteiger charge is 2.27. The minimum absolute atomic E-state index is 0.103. The molecular formula is C36H31F2N7O2. The van der Waals surface area contributed by atoms with Gasteiger partial charge in [0.1, 0.15) is 34.9 Å². The number of carbonyl (C=O) groups is 1. The van der Waals surface area contributed by atoms with Gasteiger partial charge in [-0.2, -0.15) is 9.61 Å². The lowest BCUT2D eigenvalue weighted by Crippen LogP contribution is -2.34. The highest BCUT2D eigenvalue weighted by Crippen LogP contribution is 2.39. The van der Waals surface area contributed by atoms with Gasteiger partial charge in [0.05, 0.1) is 24.5 Å². The molecule has 2 bridgehead atoms. The normalized spacial score (nSPS) is 14.6. The standard InChI is InChI=1S/C36H31F2N7O2/c1-23-17-40-34(46)30-20-42-45-33(30)43-32(39-18-27-16-29(38)19-41-35(27)47-23)31(26-12-14-28(37)15-13-26)36(45)44(21-24-8-4-2-5-9-24)22-25-10-6-3-7-11-25/h2-16,19-20,23H,17-18,21-22H2,1H3,(H,39,43)(H,40,46)/t23-/m0/s1. The van der Waals surface area contributed by atoms with E-state index in [0.717, 1.165) is 17.3 Å². The van der Waals surface area contributed by atoms with Crippen LogP contribution in [0.5, 0.6) is 5.88 Å². The zero-order chi connectivity index (χ0) is 32.3. The lowest BCUT2D eigenvalue weighted by molar-refractivity contribution is 0.0932. The number of carbonyl (C=O) groups excluding carboxylic acids is 1. The quantitative estimate of drug-likeness (QED) is 0.220. The van der Waals surface area contributed by atoms with Crippen LogP contribution in [0, 0.1) is 11.6 Å². The minimum Gasteiger partial charge on any atom is -0.473 e. The van der Waals surface area contributed by atoms with Gasteiger partial charge in [-0.15, -0.1) is 0 Å². The first kappa shape index (κ1) is 29.8. The van der Waals surface area contributed by atoms with Crippen molar-refractivity contribution >= 4 is 23.2 Å². The maximum absolute atomic E-state index is 14.5. The number of nitrogens with one attached hydrogen (secondary N) is 2. The maximum atomic E-state index is 14.5. The van der Waals surface area contributed by atoms with E-state index in [4.69, 9.17) is 14.8 Å². The number of hydrogen-bond acceptors (Lipinski definition) is 7. The first-order valence-electron chi connectivity index (χ1n) is 15.3. The largest absolute Gasteiger partial charge is 0.473 e. The number of halogens is 2. The number of anilines is 2. The van der Waals surface area contributed by atoms with Gasteiger partial charge in [-0.05, 0) is 41.8 Å². The first-order valence-corrected chi connectivity index (χ1v) is 15.3. The molecule has 1 aliphatic heterocycles. The van der Waals surface area contributed by atoms with Gasteiger partial charge in [0.2, 0.25) is 5.88 Å². The molecule has 0 fully saturated rings. The first-order chi connectivity index (χ1) is 22.9. The van der Waals surface area contributed by atoms with Crippen molar-refractivity contribution in [1.82, 2.24) is 24.9 Å². The van der Waals surface area contributed by atoms with Gasteiger partial charge in [0.15, 0.2) is 5.65 Å². The van der Waals surface area contributed by atoms with Crippen LogP contribution in [0.4, 0.5) is 20.4 Å². The second-order valence-electron chi connectivity index (χ2n) is 11.4. The van der Waals surface area contributed by atoms with E-state index in [1.54, 1.807) is 23.6 Å². The zero-order valence-corrected chi connectivity index (χ0v) is 25.5. The number of fused-ring (bicyclic) bond motifs is 2. The number of rotatable bonds is 6. The van der Waals surface area contributed by atoms with E-state index in [9.17, 15) is 13.6 Å². The van der Waals surface area contributed by atoms with E-state index in [-0.39, 0.29) is 36.3 Å². The van der Waals surface area contributed by atoms with Crippen LogP contribution in [0.1, 0.15) is 34.0 Å². The third kappa shape index (κ3) is 6.32. The van der Waals surface area contributed by atoms with Gasteiger partial charge in [0, 0.05) is 25.2 Å². The second kappa shape index (κ2) is 12.9. The number of pyridine rings is 1. The molecule has 0 saturated carbocycles. The van der Waals surface area contributed by atoms with Gasteiger partial charge in [-0.25, -0.2) is 18.7 Å². The number of nitrogens with zero attached hydrogens (tertiary/aromatic N) is 5. The monoisotopic (exact) mass is 631 g/mol. The summed E-state index contributed by atoms with van der Waals surface area (Å²) in [6.07, 6.45) is 2.13. The number of amides is 1. The van der Waals surface area contributed by atoms with Gasteiger partial charge < -0.3 is 20.3 Å². The smallest absolute Gasteiger partial charge is 0.256 e. The van der Waals surface area contributed by atoms with E-state index in [0.29, 0.717) is 47.1 Å². The van der Waals surface area contributed by atoms with Crippen LogP contribution >= 0.6 is 0 Å². The summed E-state index contributed by atoms with van der Waals surface area (Å²) in [5.74, 6) is -0.0177. The Morgan fingerprint density at radius 3 is 2.26 bits per heavy atom. The molecule has 1 aliphatic rings. The summed E-state index contributed by atoms with van der Waals surface area (Å²) in [4.78, 5) is 24.9. The Morgan fingerprint density at radius 1 is 0.894 bits per heavy atom. The molecule has 0 aliphatic carbocycles. The molecule has 47 heavy (non-hydrogen) atoms. The van der Waals surface area contributed by atoms with Crippen LogP contribution in [0.2, 0.25) is 0 Å². The fraction of sp³-hybridized carbons (Fsp3) is 0.167. The molecule has 9 nitrogen and oxygen atoms in total. The fourth-order valence-electron chi connectivity index (χ4n) is 5.70. The number of ether oxygens (including phenoxy) is 1. The molecular weight excluding hydrogens is 600 g/mol. The van der Waals surface area contributed by atoms with Crippen molar-refractivity contribution in [2.24, 2.45) is 0 Å². The molecule has 0 unspecified atom stereocenters. The van der Waals surface area contributed by atoms with Gasteiger partial charge in [-0.1, -0.05) is 72.8 Å². The van der Waals surface area contributed by atoms with E-state index >= 15 is 0 Å². The minimum atomic E-state index is -0.516. The Morgan fingerprint density at radius 2 is 1.57 bits per heavy atom. The van der Waals surface area contributed by atoms with Crippen molar-refractivity contribution in [3.8, 4) is 17.0 Å². The molecule has 2 N–H and O–H groups in total. The van der Waals surface area contributed by atoms with Crippen LogP contribution in [0.3, 0.4) is 0 Å². The van der Waals surface area contributed by atoms with Crippen LogP contribution in [0.15, 0.2) is 103 Å².